The van der Waals surface area contributed by atoms with Gasteiger partial charge in [-0.1, -0.05) is 31.5 Å². The largest absolute Gasteiger partial charge is 0.477 e. The molecule has 0 bridgehead atoms. The van der Waals surface area contributed by atoms with E-state index in [0.29, 0.717) is 17.6 Å². The number of para-hydroxylation sites is 1. The van der Waals surface area contributed by atoms with E-state index >= 15 is 0 Å². The number of rotatable bonds is 6. The smallest absolute Gasteiger partial charge is 0.354 e. The van der Waals surface area contributed by atoms with E-state index in [4.69, 9.17) is 10.5 Å². The first-order chi connectivity index (χ1) is 11.6. The van der Waals surface area contributed by atoms with E-state index in [-0.39, 0.29) is 5.69 Å². The Labute approximate surface area is 143 Å². The first-order valence-corrected chi connectivity index (χ1v) is 8.54. The predicted octanol–water partition coefficient (Wildman–Crippen LogP) is 4.42. The fraction of sp³-hybridized carbons (Fsp3) is 0.222. The van der Waals surface area contributed by atoms with Crippen molar-refractivity contribution >= 4 is 33.9 Å². The topological polar surface area (TPSA) is 86.9 Å². The van der Waals surface area contributed by atoms with Gasteiger partial charge in [-0.05, 0) is 18.6 Å². The molecule has 0 unspecified atom stereocenters. The van der Waals surface area contributed by atoms with Gasteiger partial charge in [-0.25, -0.2) is 14.8 Å². The molecule has 1 aromatic carbocycles. The van der Waals surface area contributed by atoms with Crippen LogP contribution in [-0.4, -0.2) is 26.8 Å². The van der Waals surface area contributed by atoms with Crippen molar-refractivity contribution in [3.63, 3.8) is 0 Å². The Kier molecular flexibility index (Phi) is 4.66. The summed E-state index contributed by atoms with van der Waals surface area (Å²) < 4.78 is 0. The maximum Gasteiger partial charge on any atom is 0.354 e. The van der Waals surface area contributed by atoms with Crippen molar-refractivity contribution in [1.29, 1.82) is 5.41 Å². The number of hydrogen-bond donors (Lipinski definition) is 2. The average molecular weight is 339 g/mol. The molecule has 3 aromatic rings. The number of carbonyl (C=O) groups is 1. The van der Waals surface area contributed by atoms with E-state index < -0.39 is 5.97 Å². The summed E-state index contributed by atoms with van der Waals surface area (Å²) in [5.74, 6) is -1.04. The van der Waals surface area contributed by atoms with Gasteiger partial charge in [0.1, 0.15) is 10.7 Å². The van der Waals surface area contributed by atoms with Gasteiger partial charge in [0.15, 0.2) is 0 Å². The van der Waals surface area contributed by atoms with Crippen LogP contribution in [0.15, 0.2) is 36.5 Å². The van der Waals surface area contributed by atoms with Crippen molar-refractivity contribution in [2.75, 3.05) is 0 Å². The molecule has 0 radical (unpaired) electrons. The molecule has 2 heterocycles. The van der Waals surface area contributed by atoms with E-state index in [9.17, 15) is 4.79 Å². The Bertz CT molecular complexity index is 918. The minimum atomic E-state index is -1.04. The van der Waals surface area contributed by atoms with Crippen molar-refractivity contribution in [2.45, 2.75) is 26.2 Å². The molecule has 0 spiro atoms. The van der Waals surface area contributed by atoms with Crippen LogP contribution in [0.5, 0.6) is 0 Å². The molecule has 5 nitrogen and oxygen atoms in total. The number of nitrogens with one attached hydrogen (secondary N) is 1. The summed E-state index contributed by atoms with van der Waals surface area (Å²) in [6.07, 6.45) is 4.18. The van der Waals surface area contributed by atoms with Crippen molar-refractivity contribution in [3.05, 3.63) is 47.1 Å². The van der Waals surface area contributed by atoms with Crippen LogP contribution in [0.4, 0.5) is 0 Å². The number of hydrogen-bond acceptors (Lipinski definition) is 5. The molecule has 0 aliphatic rings. The van der Waals surface area contributed by atoms with E-state index in [1.807, 2.05) is 18.2 Å². The number of thiazole rings is 1. The van der Waals surface area contributed by atoms with Crippen molar-refractivity contribution < 1.29 is 9.90 Å². The van der Waals surface area contributed by atoms with Gasteiger partial charge in [0.25, 0.3) is 0 Å². The summed E-state index contributed by atoms with van der Waals surface area (Å²) in [4.78, 5) is 21.0. The summed E-state index contributed by atoms with van der Waals surface area (Å²) in [7, 11) is 0. The SMILES string of the molecule is CCCC(=N)Cc1cnc(-c2cccc3ccc(C(=O)O)nc23)s1. The van der Waals surface area contributed by atoms with Gasteiger partial charge in [0.2, 0.25) is 0 Å². The van der Waals surface area contributed by atoms with Crippen LogP contribution in [0.1, 0.15) is 35.1 Å². The number of carboxylic acids is 1. The lowest BCUT2D eigenvalue weighted by atomic mass is 10.1. The molecule has 2 aromatic heterocycles. The highest BCUT2D eigenvalue weighted by atomic mass is 32.1. The van der Waals surface area contributed by atoms with Gasteiger partial charge in [-0.2, -0.15) is 0 Å². The molecule has 0 fully saturated rings. The second-order valence-electron chi connectivity index (χ2n) is 5.54. The van der Waals surface area contributed by atoms with Gasteiger partial charge < -0.3 is 10.5 Å². The number of nitrogens with zero attached hydrogens (tertiary/aromatic N) is 2. The summed E-state index contributed by atoms with van der Waals surface area (Å²) in [6.45, 7) is 2.06. The van der Waals surface area contributed by atoms with Crippen LogP contribution in [0.25, 0.3) is 21.5 Å². The summed E-state index contributed by atoms with van der Waals surface area (Å²) in [5, 5.41) is 18.8. The predicted molar refractivity (Wildman–Crippen MR) is 96.1 cm³/mol. The fourth-order valence-corrected chi connectivity index (χ4v) is 3.53. The summed E-state index contributed by atoms with van der Waals surface area (Å²) in [6, 6.07) is 9.00. The highest BCUT2D eigenvalue weighted by molar-refractivity contribution is 7.15. The lowest BCUT2D eigenvalue weighted by Gasteiger charge is -2.04. The Hall–Kier alpha value is -2.60. The summed E-state index contributed by atoms with van der Waals surface area (Å²) >= 11 is 1.53. The molecule has 0 saturated carbocycles. The van der Waals surface area contributed by atoms with E-state index in [1.54, 1.807) is 12.3 Å². The Balaban J connectivity index is 2.00. The quantitative estimate of drug-likeness (QED) is 0.651. The molecule has 122 valence electrons. The molecule has 0 aliphatic carbocycles. The number of fused-ring (bicyclic) bond motifs is 1. The molecular formula is C18H17N3O2S. The van der Waals surface area contributed by atoms with Crippen LogP contribution in [0.3, 0.4) is 0 Å². The Morgan fingerprint density at radius 1 is 1.29 bits per heavy atom. The third-order valence-corrected chi connectivity index (χ3v) is 4.69. The molecule has 3 rings (SSSR count). The normalized spacial score (nSPS) is 10.9. The minimum Gasteiger partial charge on any atom is -0.477 e. The lowest BCUT2D eigenvalue weighted by molar-refractivity contribution is 0.0691. The van der Waals surface area contributed by atoms with Gasteiger partial charge in [0, 0.05) is 34.2 Å². The van der Waals surface area contributed by atoms with Crippen LogP contribution >= 0.6 is 11.3 Å². The molecule has 0 atom stereocenters. The van der Waals surface area contributed by atoms with Gasteiger partial charge in [-0.15, -0.1) is 11.3 Å². The average Bonchev–Trinajstić information content (AvgIpc) is 3.02. The number of carboxylic acid groups (broad SMARTS) is 1. The number of aromatic carboxylic acids is 1. The highest BCUT2D eigenvalue weighted by Gasteiger charge is 2.13. The number of pyridine rings is 1. The zero-order chi connectivity index (χ0) is 17.1. The Morgan fingerprint density at radius 3 is 2.88 bits per heavy atom. The first-order valence-electron chi connectivity index (χ1n) is 7.73. The Morgan fingerprint density at radius 2 is 2.12 bits per heavy atom. The van der Waals surface area contributed by atoms with Crippen LogP contribution in [0.2, 0.25) is 0 Å². The number of aromatic nitrogens is 2. The van der Waals surface area contributed by atoms with Crippen molar-refractivity contribution in [1.82, 2.24) is 9.97 Å². The third-order valence-electron chi connectivity index (χ3n) is 3.66. The maximum absolute atomic E-state index is 11.2. The second-order valence-corrected chi connectivity index (χ2v) is 6.66. The molecule has 24 heavy (non-hydrogen) atoms. The molecule has 0 saturated heterocycles. The standard InChI is InChI=1S/C18H17N3O2S/c1-2-4-12(19)9-13-10-20-17(24-13)14-6-3-5-11-7-8-15(18(22)23)21-16(11)14/h3,5-8,10,19H,2,4,9H2,1H3,(H,22,23). The van der Waals surface area contributed by atoms with Crippen LogP contribution in [-0.2, 0) is 6.42 Å². The van der Waals surface area contributed by atoms with E-state index in [2.05, 4.69) is 16.9 Å². The first kappa shape index (κ1) is 16.3. The lowest BCUT2D eigenvalue weighted by Crippen LogP contribution is -2.00. The van der Waals surface area contributed by atoms with Gasteiger partial charge >= 0.3 is 5.97 Å². The molecule has 0 amide bonds. The monoisotopic (exact) mass is 339 g/mol. The molecule has 0 aliphatic heterocycles. The molecule has 2 N–H and O–H groups in total. The third kappa shape index (κ3) is 3.33. The van der Waals surface area contributed by atoms with Gasteiger partial charge in [0.05, 0.1) is 5.52 Å². The fourth-order valence-electron chi connectivity index (χ4n) is 2.55. The highest BCUT2D eigenvalue weighted by Crippen LogP contribution is 2.31. The molecule has 6 heteroatoms. The van der Waals surface area contributed by atoms with Crippen LogP contribution < -0.4 is 0 Å². The van der Waals surface area contributed by atoms with Crippen molar-refractivity contribution in [3.8, 4) is 10.6 Å². The van der Waals surface area contributed by atoms with E-state index in [0.717, 1.165) is 33.7 Å². The maximum atomic E-state index is 11.2. The van der Waals surface area contributed by atoms with Crippen LogP contribution in [0, 0.1) is 5.41 Å². The zero-order valence-electron chi connectivity index (χ0n) is 13.2. The minimum absolute atomic E-state index is 0.0245. The number of benzene rings is 1. The van der Waals surface area contributed by atoms with E-state index in [1.165, 1.54) is 17.4 Å². The summed E-state index contributed by atoms with van der Waals surface area (Å²) in [5.41, 5.74) is 2.20. The van der Waals surface area contributed by atoms with Gasteiger partial charge in [-0.3, -0.25) is 0 Å². The zero-order valence-corrected chi connectivity index (χ0v) is 14.1. The second kappa shape index (κ2) is 6.88. The molecular weight excluding hydrogens is 322 g/mol. The van der Waals surface area contributed by atoms with Crippen molar-refractivity contribution in [2.24, 2.45) is 0 Å².